The third-order valence-corrected chi connectivity index (χ3v) is 5.67. The van der Waals surface area contributed by atoms with Crippen LogP contribution in [-0.4, -0.2) is 55.0 Å². The highest BCUT2D eigenvalue weighted by atomic mass is 16.5. The summed E-state index contributed by atoms with van der Waals surface area (Å²) in [4.78, 5) is 36.4. The van der Waals surface area contributed by atoms with Gasteiger partial charge in [-0.2, -0.15) is 0 Å². The standard InChI is InChI=1S/C26H30N2O6/c1-3-9-22(24(30)25(31)27-15-23(29)33-14-4-2)28-26(32)34-16-21-19-12-7-5-10-17(19)18-11-6-8-13-20(18)21/h4-8,10-13,21-22,24,30H,2-3,9,14-16H2,1H3,(H,27,31)(H,28,32). The van der Waals surface area contributed by atoms with E-state index in [1.165, 1.54) is 6.08 Å². The molecule has 180 valence electrons. The van der Waals surface area contributed by atoms with Gasteiger partial charge in [0.1, 0.15) is 19.8 Å². The Morgan fingerprint density at radius 1 is 1.06 bits per heavy atom. The van der Waals surface area contributed by atoms with Crippen LogP contribution in [0, 0.1) is 0 Å². The molecular formula is C26H30N2O6. The summed E-state index contributed by atoms with van der Waals surface area (Å²) >= 11 is 0. The monoisotopic (exact) mass is 466 g/mol. The van der Waals surface area contributed by atoms with E-state index >= 15 is 0 Å². The van der Waals surface area contributed by atoms with Gasteiger partial charge in [0.25, 0.3) is 5.91 Å². The molecule has 8 nitrogen and oxygen atoms in total. The van der Waals surface area contributed by atoms with Crippen molar-refractivity contribution >= 4 is 18.0 Å². The van der Waals surface area contributed by atoms with Gasteiger partial charge in [0, 0.05) is 5.92 Å². The van der Waals surface area contributed by atoms with E-state index in [1.807, 2.05) is 55.5 Å². The van der Waals surface area contributed by atoms with Gasteiger partial charge in [-0.1, -0.05) is 74.5 Å². The zero-order valence-electron chi connectivity index (χ0n) is 19.2. The minimum absolute atomic E-state index is 0.0268. The highest BCUT2D eigenvalue weighted by Gasteiger charge is 2.31. The molecule has 2 unspecified atom stereocenters. The minimum atomic E-state index is -1.55. The maximum Gasteiger partial charge on any atom is 0.407 e. The van der Waals surface area contributed by atoms with Crippen LogP contribution in [0.3, 0.4) is 0 Å². The Bertz CT molecular complexity index is 992. The lowest BCUT2D eigenvalue weighted by molar-refractivity contribution is -0.144. The smallest absolute Gasteiger partial charge is 0.407 e. The van der Waals surface area contributed by atoms with Crippen molar-refractivity contribution in [3.05, 3.63) is 72.3 Å². The molecule has 1 aliphatic rings. The summed E-state index contributed by atoms with van der Waals surface area (Å²) in [6.07, 6.45) is 0.0920. The first kappa shape index (κ1) is 25.0. The molecule has 2 atom stereocenters. The molecule has 8 heteroatoms. The first-order chi connectivity index (χ1) is 16.5. The molecule has 3 rings (SSSR count). The van der Waals surface area contributed by atoms with E-state index in [0.717, 1.165) is 22.3 Å². The fourth-order valence-electron chi connectivity index (χ4n) is 4.06. The number of rotatable bonds is 11. The minimum Gasteiger partial charge on any atom is -0.460 e. The van der Waals surface area contributed by atoms with E-state index < -0.39 is 36.7 Å². The van der Waals surface area contributed by atoms with Gasteiger partial charge in [-0.15, -0.1) is 0 Å². The van der Waals surface area contributed by atoms with Gasteiger partial charge >= 0.3 is 12.1 Å². The summed E-state index contributed by atoms with van der Waals surface area (Å²) in [5.74, 6) is -1.54. The highest BCUT2D eigenvalue weighted by Crippen LogP contribution is 2.44. The van der Waals surface area contributed by atoms with E-state index in [4.69, 9.17) is 9.47 Å². The lowest BCUT2D eigenvalue weighted by Crippen LogP contribution is -2.51. The number of ether oxygens (including phenoxy) is 2. The summed E-state index contributed by atoms with van der Waals surface area (Å²) in [6, 6.07) is 15.1. The topological polar surface area (TPSA) is 114 Å². The summed E-state index contributed by atoms with van der Waals surface area (Å²) in [6.45, 7) is 5.05. The molecule has 0 saturated carbocycles. The largest absolute Gasteiger partial charge is 0.460 e. The molecular weight excluding hydrogens is 436 g/mol. The van der Waals surface area contributed by atoms with Crippen LogP contribution in [0.5, 0.6) is 0 Å². The molecule has 0 spiro atoms. The fourth-order valence-corrected chi connectivity index (χ4v) is 4.06. The molecule has 2 aromatic rings. The number of benzene rings is 2. The van der Waals surface area contributed by atoms with Crippen LogP contribution in [0.1, 0.15) is 36.8 Å². The molecule has 0 bridgehead atoms. The molecule has 1 aliphatic carbocycles. The highest BCUT2D eigenvalue weighted by molar-refractivity contribution is 5.86. The molecule has 0 heterocycles. The molecule has 2 aromatic carbocycles. The van der Waals surface area contributed by atoms with E-state index in [2.05, 4.69) is 17.2 Å². The van der Waals surface area contributed by atoms with Crippen molar-refractivity contribution in [2.75, 3.05) is 19.8 Å². The average molecular weight is 467 g/mol. The SMILES string of the molecule is C=CCOC(=O)CNC(=O)C(O)C(CCC)NC(=O)OCC1c2ccccc2-c2ccccc21. The Morgan fingerprint density at radius 3 is 2.26 bits per heavy atom. The van der Waals surface area contributed by atoms with Crippen molar-refractivity contribution in [3.63, 3.8) is 0 Å². The first-order valence-electron chi connectivity index (χ1n) is 11.3. The summed E-state index contributed by atoms with van der Waals surface area (Å²) in [5, 5.41) is 15.3. The van der Waals surface area contributed by atoms with Crippen LogP contribution in [0.15, 0.2) is 61.2 Å². The van der Waals surface area contributed by atoms with Crippen LogP contribution in [0.25, 0.3) is 11.1 Å². The second kappa shape index (κ2) is 12.0. The van der Waals surface area contributed by atoms with Crippen molar-refractivity contribution < 1.29 is 29.0 Å². The van der Waals surface area contributed by atoms with Crippen LogP contribution < -0.4 is 10.6 Å². The predicted octanol–water partition coefficient (Wildman–Crippen LogP) is 2.90. The van der Waals surface area contributed by atoms with E-state index in [9.17, 15) is 19.5 Å². The van der Waals surface area contributed by atoms with E-state index in [1.54, 1.807) is 0 Å². The van der Waals surface area contributed by atoms with Crippen LogP contribution in [-0.2, 0) is 19.1 Å². The molecule has 0 fully saturated rings. The second-order valence-corrected chi connectivity index (χ2v) is 8.00. The van der Waals surface area contributed by atoms with Crippen LogP contribution >= 0.6 is 0 Å². The zero-order chi connectivity index (χ0) is 24.5. The summed E-state index contributed by atoms with van der Waals surface area (Å²) in [5.41, 5.74) is 4.41. The van der Waals surface area contributed by atoms with E-state index in [0.29, 0.717) is 12.8 Å². The lowest BCUT2D eigenvalue weighted by atomic mass is 9.98. The van der Waals surface area contributed by atoms with Gasteiger partial charge in [0.05, 0.1) is 6.04 Å². The maximum atomic E-state index is 12.6. The van der Waals surface area contributed by atoms with Crippen molar-refractivity contribution in [1.29, 1.82) is 0 Å². The normalized spacial score (nSPS) is 13.7. The number of alkyl carbamates (subject to hydrolysis) is 1. The quantitative estimate of drug-likeness (QED) is 0.347. The zero-order valence-corrected chi connectivity index (χ0v) is 19.2. The van der Waals surface area contributed by atoms with Gasteiger partial charge in [0.2, 0.25) is 0 Å². The Balaban J connectivity index is 1.57. The predicted molar refractivity (Wildman–Crippen MR) is 127 cm³/mol. The fraction of sp³-hybridized carbons (Fsp3) is 0.346. The lowest BCUT2D eigenvalue weighted by Gasteiger charge is -2.23. The number of fused-ring (bicyclic) bond motifs is 3. The number of hydrogen-bond donors (Lipinski definition) is 3. The number of carbonyl (C=O) groups excluding carboxylic acids is 3. The van der Waals surface area contributed by atoms with Gasteiger partial charge in [0.15, 0.2) is 6.10 Å². The molecule has 0 radical (unpaired) electrons. The number of aliphatic hydroxyl groups is 1. The molecule has 2 amide bonds. The van der Waals surface area contributed by atoms with Crippen molar-refractivity contribution in [2.24, 2.45) is 0 Å². The second-order valence-electron chi connectivity index (χ2n) is 8.00. The Labute approximate surface area is 199 Å². The third kappa shape index (κ3) is 6.02. The Morgan fingerprint density at radius 2 is 1.68 bits per heavy atom. The number of nitrogens with one attached hydrogen (secondary N) is 2. The van der Waals surface area contributed by atoms with Gasteiger partial charge < -0.3 is 25.2 Å². The Hall–Kier alpha value is -3.65. The van der Waals surface area contributed by atoms with Crippen LogP contribution in [0.2, 0.25) is 0 Å². The third-order valence-electron chi connectivity index (χ3n) is 5.67. The average Bonchev–Trinajstić information content (AvgIpc) is 3.17. The summed E-state index contributed by atoms with van der Waals surface area (Å²) < 4.78 is 10.3. The molecule has 0 aliphatic heterocycles. The van der Waals surface area contributed by atoms with Crippen LogP contribution in [0.4, 0.5) is 4.79 Å². The number of carbonyl (C=O) groups is 3. The van der Waals surface area contributed by atoms with Crippen molar-refractivity contribution in [3.8, 4) is 11.1 Å². The van der Waals surface area contributed by atoms with Gasteiger partial charge in [-0.3, -0.25) is 9.59 Å². The maximum absolute atomic E-state index is 12.6. The molecule has 0 aromatic heterocycles. The van der Waals surface area contributed by atoms with Crippen molar-refractivity contribution in [1.82, 2.24) is 10.6 Å². The molecule has 3 N–H and O–H groups in total. The number of amides is 2. The molecule has 34 heavy (non-hydrogen) atoms. The number of esters is 1. The first-order valence-corrected chi connectivity index (χ1v) is 11.3. The van der Waals surface area contributed by atoms with Gasteiger partial charge in [-0.25, -0.2) is 4.79 Å². The summed E-state index contributed by atoms with van der Waals surface area (Å²) in [7, 11) is 0. The number of hydrogen-bond acceptors (Lipinski definition) is 6. The van der Waals surface area contributed by atoms with Crippen molar-refractivity contribution in [2.45, 2.75) is 37.8 Å². The van der Waals surface area contributed by atoms with Gasteiger partial charge in [-0.05, 0) is 28.7 Å². The Kier molecular flexibility index (Phi) is 8.81. The molecule has 0 saturated heterocycles. The number of aliphatic hydroxyl groups excluding tert-OH is 1. The van der Waals surface area contributed by atoms with E-state index in [-0.39, 0.29) is 19.1 Å².